The maximum Gasteiger partial charge on any atom is 0.0825 e. The largest absolute Gasteiger partial charge is 0.378 e. The van der Waals surface area contributed by atoms with Crippen LogP contribution in [0.3, 0.4) is 0 Å². The molecule has 0 bridgehead atoms. The molecule has 0 aliphatic rings. The van der Waals surface area contributed by atoms with Crippen LogP contribution in [0.2, 0.25) is 0 Å². The van der Waals surface area contributed by atoms with E-state index in [2.05, 4.69) is 55.6 Å². The van der Waals surface area contributed by atoms with Gasteiger partial charge in [-0.2, -0.15) is 10.2 Å². The lowest BCUT2D eigenvalue weighted by Crippen LogP contribution is -2.04. The molecule has 2 aromatic rings. The summed E-state index contributed by atoms with van der Waals surface area (Å²) in [6, 6.07) is 0. The summed E-state index contributed by atoms with van der Waals surface area (Å²) in [5, 5.41) is 12.5. The van der Waals surface area contributed by atoms with E-state index < -0.39 is 0 Å². The standard InChI is InChI=1S/C15H25N5/c1-6-19-9-14(12(4)17-19)7-16-15-10-20(8-11(2)3)18-13(15)5/h9-11,16H,6-8H2,1-5H3. The van der Waals surface area contributed by atoms with E-state index in [-0.39, 0.29) is 0 Å². The van der Waals surface area contributed by atoms with Gasteiger partial charge in [0.25, 0.3) is 0 Å². The van der Waals surface area contributed by atoms with E-state index in [1.807, 2.05) is 16.3 Å². The number of nitrogens with one attached hydrogen (secondary N) is 1. The number of nitrogens with zero attached hydrogens (tertiary/aromatic N) is 4. The molecular weight excluding hydrogens is 250 g/mol. The lowest BCUT2D eigenvalue weighted by atomic mass is 10.2. The summed E-state index contributed by atoms with van der Waals surface area (Å²) < 4.78 is 3.99. The van der Waals surface area contributed by atoms with Crippen molar-refractivity contribution < 1.29 is 0 Å². The highest BCUT2D eigenvalue weighted by molar-refractivity contribution is 5.46. The van der Waals surface area contributed by atoms with Crippen molar-refractivity contribution in [2.45, 2.75) is 54.3 Å². The fourth-order valence-electron chi connectivity index (χ4n) is 2.24. The second-order valence-electron chi connectivity index (χ2n) is 5.69. The molecule has 110 valence electrons. The SMILES string of the molecule is CCn1cc(CNc2cn(CC(C)C)nc2C)c(C)n1. The zero-order chi connectivity index (χ0) is 14.7. The number of rotatable bonds is 6. The van der Waals surface area contributed by atoms with E-state index >= 15 is 0 Å². The third-order valence-electron chi connectivity index (χ3n) is 3.34. The number of aromatic nitrogens is 4. The van der Waals surface area contributed by atoms with Gasteiger partial charge in [0.2, 0.25) is 0 Å². The van der Waals surface area contributed by atoms with Crippen molar-refractivity contribution in [2.75, 3.05) is 5.32 Å². The Labute approximate surface area is 121 Å². The zero-order valence-electron chi connectivity index (χ0n) is 13.1. The molecule has 0 aromatic carbocycles. The topological polar surface area (TPSA) is 47.7 Å². The molecule has 0 saturated carbocycles. The van der Waals surface area contributed by atoms with Gasteiger partial charge in [-0.25, -0.2) is 0 Å². The second-order valence-corrected chi connectivity index (χ2v) is 5.69. The summed E-state index contributed by atoms with van der Waals surface area (Å²) in [4.78, 5) is 0. The first-order valence-corrected chi connectivity index (χ1v) is 7.30. The highest BCUT2D eigenvalue weighted by Gasteiger charge is 2.08. The average molecular weight is 275 g/mol. The molecule has 0 spiro atoms. The molecule has 0 fully saturated rings. The van der Waals surface area contributed by atoms with Crippen molar-refractivity contribution in [1.29, 1.82) is 0 Å². The van der Waals surface area contributed by atoms with E-state index in [9.17, 15) is 0 Å². The highest BCUT2D eigenvalue weighted by atomic mass is 15.3. The van der Waals surface area contributed by atoms with Gasteiger partial charge in [0, 0.05) is 37.6 Å². The molecule has 5 nitrogen and oxygen atoms in total. The molecule has 0 radical (unpaired) electrons. The molecule has 20 heavy (non-hydrogen) atoms. The second kappa shape index (κ2) is 6.11. The maximum absolute atomic E-state index is 4.54. The number of aryl methyl sites for hydroxylation is 3. The van der Waals surface area contributed by atoms with Gasteiger partial charge in [0.05, 0.1) is 17.1 Å². The number of anilines is 1. The van der Waals surface area contributed by atoms with Crippen LogP contribution in [0.25, 0.3) is 0 Å². The minimum Gasteiger partial charge on any atom is -0.378 e. The van der Waals surface area contributed by atoms with Crippen LogP contribution in [0.1, 0.15) is 37.7 Å². The Morgan fingerprint density at radius 2 is 1.80 bits per heavy atom. The van der Waals surface area contributed by atoms with Gasteiger partial charge in [-0.05, 0) is 26.7 Å². The maximum atomic E-state index is 4.54. The Morgan fingerprint density at radius 3 is 2.40 bits per heavy atom. The first-order chi connectivity index (χ1) is 9.49. The molecule has 2 aromatic heterocycles. The van der Waals surface area contributed by atoms with Gasteiger partial charge in [-0.1, -0.05) is 13.8 Å². The van der Waals surface area contributed by atoms with Crippen LogP contribution in [0.4, 0.5) is 5.69 Å². The number of hydrogen-bond donors (Lipinski definition) is 1. The molecule has 2 rings (SSSR count). The normalized spacial score (nSPS) is 11.3. The summed E-state index contributed by atoms with van der Waals surface area (Å²) in [7, 11) is 0. The minimum atomic E-state index is 0.604. The summed E-state index contributed by atoms with van der Waals surface area (Å²) in [6.07, 6.45) is 4.20. The highest BCUT2D eigenvalue weighted by Crippen LogP contribution is 2.16. The Morgan fingerprint density at radius 1 is 1.10 bits per heavy atom. The van der Waals surface area contributed by atoms with Crippen molar-refractivity contribution in [3.63, 3.8) is 0 Å². The van der Waals surface area contributed by atoms with Crippen molar-refractivity contribution >= 4 is 5.69 Å². The van der Waals surface area contributed by atoms with E-state index in [0.717, 1.165) is 36.7 Å². The van der Waals surface area contributed by atoms with Gasteiger partial charge < -0.3 is 5.32 Å². The zero-order valence-corrected chi connectivity index (χ0v) is 13.1. The van der Waals surface area contributed by atoms with Crippen LogP contribution in [0.15, 0.2) is 12.4 Å². The quantitative estimate of drug-likeness (QED) is 0.881. The predicted octanol–water partition coefficient (Wildman–Crippen LogP) is 2.98. The lowest BCUT2D eigenvalue weighted by Gasteiger charge is -2.04. The average Bonchev–Trinajstić information content (AvgIpc) is 2.89. The molecule has 5 heteroatoms. The van der Waals surface area contributed by atoms with Gasteiger partial charge in [-0.15, -0.1) is 0 Å². The molecule has 0 unspecified atom stereocenters. The smallest absolute Gasteiger partial charge is 0.0825 e. The lowest BCUT2D eigenvalue weighted by molar-refractivity contribution is 0.481. The fourth-order valence-corrected chi connectivity index (χ4v) is 2.24. The molecule has 2 heterocycles. The van der Waals surface area contributed by atoms with Crippen LogP contribution < -0.4 is 5.32 Å². The van der Waals surface area contributed by atoms with E-state index in [1.165, 1.54) is 5.56 Å². The van der Waals surface area contributed by atoms with E-state index in [4.69, 9.17) is 0 Å². The Bertz CT molecular complexity index is 565. The molecule has 0 saturated heterocycles. The predicted molar refractivity (Wildman–Crippen MR) is 81.8 cm³/mol. The summed E-state index contributed by atoms with van der Waals surface area (Å²) >= 11 is 0. The summed E-state index contributed by atoms with van der Waals surface area (Å²) in [5.41, 5.74) is 4.48. The fraction of sp³-hybridized carbons (Fsp3) is 0.600. The van der Waals surface area contributed by atoms with Crippen LogP contribution in [-0.2, 0) is 19.6 Å². The summed E-state index contributed by atoms with van der Waals surface area (Å²) in [6.45, 7) is 13.3. The van der Waals surface area contributed by atoms with Crippen LogP contribution in [0.5, 0.6) is 0 Å². The van der Waals surface area contributed by atoms with Crippen molar-refractivity contribution in [3.8, 4) is 0 Å². The van der Waals surface area contributed by atoms with Gasteiger partial charge in [0.1, 0.15) is 0 Å². The molecule has 0 aliphatic carbocycles. The van der Waals surface area contributed by atoms with Crippen LogP contribution >= 0.6 is 0 Å². The van der Waals surface area contributed by atoms with Crippen molar-refractivity contribution in [3.05, 3.63) is 29.3 Å². The van der Waals surface area contributed by atoms with Gasteiger partial charge in [-0.3, -0.25) is 9.36 Å². The molecule has 0 amide bonds. The van der Waals surface area contributed by atoms with Gasteiger partial charge in [0.15, 0.2) is 0 Å². The van der Waals surface area contributed by atoms with Crippen LogP contribution in [-0.4, -0.2) is 19.6 Å². The Balaban J connectivity index is 2.03. The third-order valence-corrected chi connectivity index (χ3v) is 3.34. The van der Waals surface area contributed by atoms with Gasteiger partial charge >= 0.3 is 0 Å². The number of hydrogen-bond acceptors (Lipinski definition) is 3. The first kappa shape index (κ1) is 14.6. The molecule has 0 aliphatic heterocycles. The summed E-state index contributed by atoms with van der Waals surface area (Å²) in [5.74, 6) is 0.604. The minimum absolute atomic E-state index is 0.604. The monoisotopic (exact) mass is 275 g/mol. The van der Waals surface area contributed by atoms with Crippen molar-refractivity contribution in [2.24, 2.45) is 5.92 Å². The van der Waals surface area contributed by atoms with Crippen LogP contribution in [0, 0.1) is 19.8 Å². The first-order valence-electron chi connectivity index (χ1n) is 7.30. The van der Waals surface area contributed by atoms with Crippen molar-refractivity contribution in [1.82, 2.24) is 19.6 Å². The molecule has 1 N–H and O–H groups in total. The van der Waals surface area contributed by atoms with E-state index in [1.54, 1.807) is 0 Å². The van der Waals surface area contributed by atoms with E-state index in [0.29, 0.717) is 5.92 Å². The molecule has 0 atom stereocenters. The Kier molecular flexibility index (Phi) is 4.47. The Hall–Kier alpha value is -1.78. The molecular formula is C15H25N5. The third kappa shape index (κ3) is 3.40.